The van der Waals surface area contributed by atoms with Gasteiger partial charge in [-0.3, -0.25) is 4.79 Å². The van der Waals surface area contributed by atoms with E-state index in [1.54, 1.807) is 61.8 Å². The zero-order valence-corrected chi connectivity index (χ0v) is 20.1. The van der Waals surface area contributed by atoms with Gasteiger partial charge in [-0.25, -0.2) is 18.4 Å². The number of hydrogen-bond donors (Lipinski definition) is 1. The van der Waals surface area contributed by atoms with Gasteiger partial charge >= 0.3 is 0 Å². The van der Waals surface area contributed by atoms with Crippen LogP contribution in [0.1, 0.15) is 29.9 Å². The van der Waals surface area contributed by atoms with E-state index in [-0.39, 0.29) is 16.7 Å². The summed E-state index contributed by atoms with van der Waals surface area (Å²) in [6.45, 7) is 3.56. The third kappa shape index (κ3) is 5.10. The smallest absolute Gasteiger partial charge is 0.243 e. The van der Waals surface area contributed by atoms with Gasteiger partial charge in [-0.2, -0.15) is 4.31 Å². The number of aryl methyl sites for hydroxylation is 1. The summed E-state index contributed by atoms with van der Waals surface area (Å²) in [4.78, 5) is 22.8. The monoisotopic (exact) mass is 494 g/mol. The first kappa shape index (κ1) is 23.2. The van der Waals surface area contributed by atoms with Gasteiger partial charge in [0.05, 0.1) is 4.90 Å². The van der Waals surface area contributed by atoms with Crippen molar-refractivity contribution in [1.29, 1.82) is 0 Å². The molecule has 182 valence electrons. The van der Waals surface area contributed by atoms with Crippen LogP contribution in [0.25, 0.3) is 12.2 Å². The van der Waals surface area contributed by atoms with Crippen LogP contribution in [0.4, 0.5) is 11.6 Å². The van der Waals surface area contributed by atoms with Gasteiger partial charge in [0.25, 0.3) is 0 Å². The van der Waals surface area contributed by atoms with E-state index in [9.17, 15) is 13.2 Å². The fourth-order valence-electron chi connectivity index (χ4n) is 3.88. The lowest BCUT2D eigenvalue weighted by atomic mass is 10.2. The molecule has 1 aliphatic heterocycles. The van der Waals surface area contributed by atoms with Crippen LogP contribution in [0.5, 0.6) is 0 Å². The van der Waals surface area contributed by atoms with Crippen LogP contribution >= 0.6 is 0 Å². The van der Waals surface area contributed by atoms with Gasteiger partial charge in [-0.15, -0.1) is 0 Å². The van der Waals surface area contributed by atoms with Gasteiger partial charge in [0.15, 0.2) is 5.76 Å². The van der Waals surface area contributed by atoms with E-state index >= 15 is 0 Å². The van der Waals surface area contributed by atoms with Crippen molar-refractivity contribution in [3.05, 3.63) is 59.7 Å². The minimum Gasteiger partial charge on any atom is -0.354 e. The Hall–Kier alpha value is -3.57. The molecular weight excluding hydrogens is 468 g/mol. The number of sulfonamides is 1. The van der Waals surface area contributed by atoms with Crippen molar-refractivity contribution < 1.29 is 17.7 Å². The summed E-state index contributed by atoms with van der Waals surface area (Å²) < 4.78 is 33.1. The second-order valence-electron chi connectivity index (χ2n) is 8.61. The molecule has 10 nitrogen and oxygen atoms in total. The summed E-state index contributed by atoms with van der Waals surface area (Å²) in [6.07, 6.45) is 8.69. The number of hydrogen-bond acceptors (Lipinski definition) is 8. The van der Waals surface area contributed by atoms with E-state index in [2.05, 4.69) is 20.4 Å². The number of aromatic nitrogens is 3. The van der Waals surface area contributed by atoms with Crippen molar-refractivity contribution in [3.8, 4) is 0 Å². The van der Waals surface area contributed by atoms with E-state index in [1.807, 2.05) is 4.90 Å². The maximum Gasteiger partial charge on any atom is 0.243 e. The quantitative estimate of drug-likeness (QED) is 0.532. The molecule has 35 heavy (non-hydrogen) atoms. The van der Waals surface area contributed by atoms with Crippen molar-refractivity contribution in [3.63, 3.8) is 0 Å². The number of carbonyl (C=O) groups excluding carboxylic acids is 1. The van der Waals surface area contributed by atoms with Gasteiger partial charge in [-0.1, -0.05) is 23.4 Å². The van der Waals surface area contributed by atoms with E-state index < -0.39 is 10.0 Å². The predicted molar refractivity (Wildman–Crippen MR) is 131 cm³/mol. The number of piperazine rings is 1. The zero-order chi connectivity index (χ0) is 24.4. The molecule has 0 radical (unpaired) electrons. The molecule has 0 spiro atoms. The molecule has 2 aromatic heterocycles. The summed E-state index contributed by atoms with van der Waals surface area (Å²) >= 11 is 0. The number of nitrogens with one attached hydrogen (secondary N) is 1. The molecule has 0 atom stereocenters. The van der Waals surface area contributed by atoms with Crippen LogP contribution in [-0.2, 0) is 14.8 Å². The lowest BCUT2D eigenvalue weighted by Crippen LogP contribution is -2.49. The highest BCUT2D eigenvalue weighted by Crippen LogP contribution is 2.32. The molecule has 0 unspecified atom stereocenters. The van der Waals surface area contributed by atoms with Gasteiger partial charge in [0.2, 0.25) is 21.9 Å². The minimum absolute atomic E-state index is 0.0161. The van der Waals surface area contributed by atoms with Crippen molar-refractivity contribution in [1.82, 2.24) is 19.4 Å². The SMILES string of the molecule is Cc1noc(/C=C\c2ccc(S(=O)(=O)N3CCN(c4ncccn4)CC3)cc2)c1NC(=O)C1CC1. The molecule has 2 fully saturated rings. The molecule has 3 aromatic rings. The van der Waals surface area contributed by atoms with Crippen LogP contribution in [-0.4, -0.2) is 59.9 Å². The number of amides is 1. The highest BCUT2D eigenvalue weighted by Gasteiger charge is 2.31. The Morgan fingerprint density at radius 1 is 1.06 bits per heavy atom. The van der Waals surface area contributed by atoms with Crippen molar-refractivity contribution >= 4 is 39.7 Å². The maximum absolute atomic E-state index is 13.1. The van der Waals surface area contributed by atoms with Crippen molar-refractivity contribution in [2.45, 2.75) is 24.7 Å². The fraction of sp³-hybridized carbons (Fsp3) is 0.333. The average molecular weight is 495 g/mol. The molecule has 5 rings (SSSR count). The largest absolute Gasteiger partial charge is 0.354 e. The first-order chi connectivity index (χ1) is 16.9. The van der Waals surface area contributed by atoms with E-state index in [4.69, 9.17) is 4.52 Å². The van der Waals surface area contributed by atoms with Crippen LogP contribution in [0, 0.1) is 12.8 Å². The topological polar surface area (TPSA) is 122 Å². The molecule has 1 amide bonds. The number of nitrogens with zero attached hydrogens (tertiary/aromatic N) is 5. The second-order valence-corrected chi connectivity index (χ2v) is 10.6. The van der Waals surface area contributed by atoms with Gasteiger partial charge in [-0.05, 0) is 49.6 Å². The van der Waals surface area contributed by atoms with Gasteiger partial charge in [0.1, 0.15) is 11.4 Å². The van der Waals surface area contributed by atoms with Crippen LogP contribution in [0.2, 0.25) is 0 Å². The molecule has 1 saturated heterocycles. The number of rotatable bonds is 7. The Morgan fingerprint density at radius 3 is 2.40 bits per heavy atom. The minimum atomic E-state index is -3.60. The second kappa shape index (κ2) is 9.59. The number of carbonyl (C=O) groups is 1. The Labute approximate surface area is 203 Å². The zero-order valence-electron chi connectivity index (χ0n) is 19.3. The normalized spacial score (nSPS) is 17.1. The Morgan fingerprint density at radius 2 is 1.74 bits per heavy atom. The summed E-state index contributed by atoms with van der Waals surface area (Å²) in [5, 5.41) is 6.84. The lowest BCUT2D eigenvalue weighted by Gasteiger charge is -2.33. The fourth-order valence-corrected chi connectivity index (χ4v) is 5.30. The Bertz CT molecular complexity index is 1330. The van der Waals surface area contributed by atoms with Gasteiger partial charge in [0, 0.05) is 44.5 Å². The number of benzene rings is 1. The molecular formula is C24H26N6O4S. The number of anilines is 2. The van der Waals surface area contributed by atoms with Crippen molar-refractivity contribution in [2.75, 3.05) is 36.4 Å². The molecule has 3 heterocycles. The molecule has 1 aromatic carbocycles. The first-order valence-electron chi connectivity index (χ1n) is 11.5. The highest BCUT2D eigenvalue weighted by molar-refractivity contribution is 7.89. The standard InChI is InChI=1S/C24H26N6O4S/c1-17-22(27-23(31)19-6-7-19)21(34-28-17)10-5-18-3-8-20(9-4-18)35(32,33)30-15-13-29(14-16-30)24-25-11-2-12-26-24/h2-5,8-12,19H,6-7,13-16H2,1H3,(H,27,31)/b10-5-. The summed E-state index contributed by atoms with van der Waals surface area (Å²) in [7, 11) is -3.60. The Kier molecular flexibility index (Phi) is 6.35. The molecule has 2 aliphatic rings. The van der Waals surface area contributed by atoms with E-state index in [0.717, 1.165) is 18.4 Å². The summed E-state index contributed by atoms with van der Waals surface area (Å²) in [5.41, 5.74) is 1.97. The predicted octanol–water partition coefficient (Wildman–Crippen LogP) is 2.80. The first-order valence-corrected chi connectivity index (χ1v) is 12.9. The Balaban J connectivity index is 1.24. The van der Waals surface area contributed by atoms with Crippen molar-refractivity contribution in [2.24, 2.45) is 5.92 Å². The summed E-state index contributed by atoms with van der Waals surface area (Å²) in [6, 6.07) is 8.43. The molecule has 11 heteroatoms. The highest BCUT2D eigenvalue weighted by atomic mass is 32.2. The van der Waals surface area contributed by atoms with E-state index in [1.165, 1.54) is 4.31 Å². The maximum atomic E-state index is 13.1. The molecule has 1 N–H and O–H groups in total. The molecule has 1 saturated carbocycles. The third-order valence-electron chi connectivity index (χ3n) is 6.10. The summed E-state index contributed by atoms with van der Waals surface area (Å²) in [5.74, 6) is 1.12. The third-order valence-corrected chi connectivity index (χ3v) is 8.02. The lowest BCUT2D eigenvalue weighted by molar-refractivity contribution is -0.117. The average Bonchev–Trinajstić information content (AvgIpc) is 3.69. The van der Waals surface area contributed by atoms with E-state index in [0.29, 0.717) is 49.3 Å². The van der Waals surface area contributed by atoms with Gasteiger partial charge < -0.3 is 14.7 Å². The van der Waals surface area contributed by atoms with Crippen LogP contribution in [0.15, 0.2) is 52.1 Å². The van der Waals surface area contributed by atoms with Crippen LogP contribution < -0.4 is 10.2 Å². The molecule has 0 bridgehead atoms. The molecule has 1 aliphatic carbocycles. The van der Waals surface area contributed by atoms with Crippen LogP contribution in [0.3, 0.4) is 0 Å².